The maximum absolute atomic E-state index is 5.22. The number of hydrogen-bond acceptors (Lipinski definition) is 4. The van der Waals surface area contributed by atoms with Crippen molar-refractivity contribution in [2.45, 2.75) is 26.3 Å². The Labute approximate surface area is 178 Å². The van der Waals surface area contributed by atoms with Crippen LogP contribution in [0.25, 0.3) is 0 Å². The fourth-order valence-corrected chi connectivity index (χ4v) is 3.00. The average molecular weight is 407 g/mol. The second-order valence-corrected chi connectivity index (χ2v) is 7.07. The monoisotopic (exact) mass is 406 g/mol. The van der Waals surface area contributed by atoms with Gasteiger partial charge in [-0.2, -0.15) is 0 Å². The predicted octanol–water partition coefficient (Wildman–Crippen LogP) is 2.65. The molecule has 0 saturated heterocycles. The molecule has 0 radical (unpaired) electrons. The van der Waals surface area contributed by atoms with Gasteiger partial charge in [0.25, 0.3) is 0 Å². The molecule has 0 bridgehead atoms. The van der Waals surface area contributed by atoms with Gasteiger partial charge in [0, 0.05) is 20.1 Å². The molecule has 3 rings (SSSR count). The molecule has 7 nitrogen and oxygen atoms in total. The number of aromatic nitrogens is 3. The lowest BCUT2D eigenvalue weighted by Gasteiger charge is -2.13. The van der Waals surface area contributed by atoms with Crippen molar-refractivity contribution in [3.8, 4) is 5.75 Å². The first kappa shape index (κ1) is 21.4. The SMILES string of the molecule is COc1ccc(CCNC(=NCc2nnc(C)n2C)NCCc2ccccc2)cc1. The molecule has 0 spiro atoms. The van der Waals surface area contributed by atoms with E-state index in [4.69, 9.17) is 9.73 Å². The largest absolute Gasteiger partial charge is 0.497 e. The van der Waals surface area contributed by atoms with Gasteiger partial charge in [0.05, 0.1) is 7.11 Å². The Bertz CT molecular complexity index is 934. The van der Waals surface area contributed by atoms with Crippen molar-refractivity contribution < 1.29 is 4.74 Å². The molecule has 2 aromatic carbocycles. The molecule has 1 aromatic heterocycles. The summed E-state index contributed by atoms with van der Waals surface area (Å²) >= 11 is 0. The summed E-state index contributed by atoms with van der Waals surface area (Å²) in [4.78, 5) is 4.71. The lowest BCUT2D eigenvalue weighted by atomic mass is 10.1. The molecule has 0 aliphatic rings. The third-order valence-electron chi connectivity index (χ3n) is 4.98. The van der Waals surface area contributed by atoms with Crippen molar-refractivity contribution in [2.75, 3.05) is 20.2 Å². The van der Waals surface area contributed by atoms with Crippen LogP contribution < -0.4 is 15.4 Å². The van der Waals surface area contributed by atoms with Gasteiger partial charge in [-0.15, -0.1) is 10.2 Å². The summed E-state index contributed by atoms with van der Waals surface area (Å²) in [5.74, 6) is 3.37. The van der Waals surface area contributed by atoms with Gasteiger partial charge in [-0.3, -0.25) is 0 Å². The predicted molar refractivity (Wildman–Crippen MR) is 120 cm³/mol. The molecular weight excluding hydrogens is 376 g/mol. The normalized spacial score (nSPS) is 11.4. The number of aryl methyl sites for hydroxylation is 1. The number of aliphatic imine (C=N–C) groups is 1. The van der Waals surface area contributed by atoms with E-state index in [-0.39, 0.29) is 0 Å². The molecule has 3 aromatic rings. The molecule has 30 heavy (non-hydrogen) atoms. The first-order valence-electron chi connectivity index (χ1n) is 10.2. The molecule has 0 atom stereocenters. The maximum atomic E-state index is 5.22. The van der Waals surface area contributed by atoms with E-state index < -0.39 is 0 Å². The van der Waals surface area contributed by atoms with Gasteiger partial charge in [0.1, 0.15) is 18.1 Å². The number of rotatable bonds is 9. The van der Waals surface area contributed by atoms with Crippen LogP contribution in [0.15, 0.2) is 59.6 Å². The first-order chi connectivity index (χ1) is 14.7. The van der Waals surface area contributed by atoms with Gasteiger partial charge in [0.15, 0.2) is 11.8 Å². The van der Waals surface area contributed by atoms with E-state index in [0.717, 1.165) is 49.3 Å². The highest BCUT2D eigenvalue weighted by atomic mass is 16.5. The Kier molecular flexibility index (Phi) is 7.83. The van der Waals surface area contributed by atoms with Crippen LogP contribution in [0, 0.1) is 6.92 Å². The van der Waals surface area contributed by atoms with E-state index in [9.17, 15) is 0 Å². The Morgan fingerprint density at radius 2 is 1.57 bits per heavy atom. The highest BCUT2D eigenvalue weighted by molar-refractivity contribution is 5.79. The van der Waals surface area contributed by atoms with Crippen molar-refractivity contribution in [2.24, 2.45) is 12.0 Å². The lowest BCUT2D eigenvalue weighted by molar-refractivity contribution is 0.414. The lowest BCUT2D eigenvalue weighted by Crippen LogP contribution is -2.39. The quantitative estimate of drug-likeness (QED) is 0.422. The number of ether oxygens (including phenoxy) is 1. The van der Waals surface area contributed by atoms with Crippen molar-refractivity contribution in [3.63, 3.8) is 0 Å². The molecule has 0 aliphatic heterocycles. The van der Waals surface area contributed by atoms with Gasteiger partial charge in [-0.05, 0) is 43.0 Å². The minimum atomic E-state index is 0.473. The standard InChI is InChI=1S/C23H30N6O/c1-18-27-28-22(29(18)2)17-26-23(24-15-13-19-7-5-4-6-8-19)25-16-14-20-9-11-21(30-3)12-10-20/h4-12H,13-17H2,1-3H3,(H2,24,25,26). The van der Waals surface area contributed by atoms with Crippen LogP contribution in [-0.2, 0) is 26.4 Å². The summed E-state index contributed by atoms with van der Waals surface area (Å²) in [5.41, 5.74) is 2.54. The smallest absolute Gasteiger partial charge is 0.191 e. The molecule has 2 N–H and O–H groups in total. The van der Waals surface area contributed by atoms with Crippen LogP contribution >= 0.6 is 0 Å². The van der Waals surface area contributed by atoms with E-state index in [1.54, 1.807) is 7.11 Å². The fourth-order valence-electron chi connectivity index (χ4n) is 3.00. The molecule has 1 heterocycles. The Morgan fingerprint density at radius 3 is 2.13 bits per heavy atom. The Hall–Kier alpha value is -3.35. The van der Waals surface area contributed by atoms with E-state index in [2.05, 4.69) is 57.2 Å². The number of benzene rings is 2. The summed E-state index contributed by atoms with van der Waals surface area (Å²) in [6, 6.07) is 18.6. The van der Waals surface area contributed by atoms with Gasteiger partial charge >= 0.3 is 0 Å². The number of nitrogens with zero attached hydrogens (tertiary/aromatic N) is 4. The summed E-state index contributed by atoms with van der Waals surface area (Å²) in [7, 11) is 3.64. The van der Waals surface area contributed by atoms with E-state index in [0.29, 0.717) is 6.54 Å². The number of hydrogen-bond donors (Lipinski definition) is 2. The number of methoxy groups -OCH3 is 1. The first-order valence-corrected chi connectivity index (χ1v) is 10.2. The highest BCUT2D eigenvalue weighted by Gasteiger charge is 2.05. The highest BCUT2D eigenvalue weighted by Crippen LogP contribution is 2.11. The van der Waals surface area contributed by atoms with Crippen LogP contribution in [0.3, 0.4) is 0 Å². The number of guanidine groups is 1. The zero-order chi connectivity index (χ0) is 21.2. The topological polar surface area (TPSA) is 76.4 Å². The second kappa shape index (κ2) is 11.0. The zero-order valence-corrected chi connectivity index (χ0v) is 17.9. The summed E-state index contributed by atoms with van der Waals surface area (Å²) < 4.78 is 7.18. The second-order valence-electron chi connectivity index (χ2n) is 7.07. The van der Waals surface area contributed by atoms with Crippen LogP contribution in [0.4, 0.5) is 0 Å². The van der Waals surface area contributed by atoms with Crippen molar-refractivity contribution >= 4 is 5.96 Å². The average Bonchev–Trinajstić information content (AvgIpc) is 3.10. The van der Waals surface area contributed by atoms with Gasteiger partial charge in [-0.25, -0.2) is 4.99 Å². The molecule has 0 fully saturated rings. The Balaban J connectivity index is 1.57. The number of nitrogens with one attached hydrogen (secondary N) is 2. The van der Waals surface area contributed by atoms with E-state index >= 15 is 0 Å². The third-order valence-corrected chi connectivity index (χ3v) is 4.98. The van der Waals surface area contributed by atoms with Crippen LogP contribution in [0.2, 0.25) is 0 Å². The minimum absolute atomic E-state index is 0.473. The van der Waals surface area contributed by atoms with Gasteiger partial charge in [-0.1, -0.05) is 42.5 Å². The molecule has 0 amide bonds. The molecule has 0 saturated carbocycles. The molecular formula is C23H30N6O. The van der Waals surface area contributed by atoms with Crippen LogP contribution in [0.1, 0.15) is 22.8 Å². The molecule has 0 unspecified atom stereocenters. The fraction of sp³-hybridized carbons (Fsp3) is 0.348. The van der Waals surface area contributed by atoms with Crippen LogP contribution in [0.5, 0.6) is 5.75 Å². The van der Waals surface area contributed by atoms with Gasteiger partial charge in [0.2, 0.25) is 0 Å². The third kappa shape index (κ3) is 6.34. The van der Waals surface area contributed by atoms with Crippen molar-refractivity contribution in [3.05, 3.63) is 77.4 Å². The Morgan fingerprint density at radius 1 is 0.933 bits per heavy atom. The molecule has 0 aliphatic carbocycles. The molecule has 158 valence electrons. The molecule has 7 heteroatoms. The van der Waals surface area contributed by atoms with Crippen molar-refractivity contribution in [1.29, 1.82) is 0 Å². The minimum Gasteiger partial charge on any atom is -0.497 e. The summed E-state index contributed by atoms with van der Waals surface area (Å²) in [6.07, 6.45) is 1.83. The summed E-state index contributed by atoms with van der Waals surface area (Å²) in [6.45, 7) is 3.99. The van der Waals surface area contributed by atoms with E-state index in [1.165, 1.54) is 11.1 Å². The van der Waals surface area contributed by atoms with Crippen LogP contribution in [-0.4, -0.2) is 40.9 Å². The maximum Gasteiger partial charge on any atom is 0.191 e. The van der Waals surface area contributed by atoms with E-state index in [1.807, 2.05) is 36.7 Å². The van der Waals surface area contributed by atoms with Crippen molar-refractivity contribution in [1.82, 2.24) is 25.4 Å². The summed E-state index contributed by atoms with van der Waals surface area (Å²) in [5, 5.41) is 15.2. The van der Waals surface area contributed by atoms with Gasteiger partial charge < -0.3 is 19.9 Å². The zero-order valence-electron chi connectivity index (χ0n) is 17.9.